The van der Waals surface area contributed by atoms with Gasteiger partial charge in [0.15, 0.2) is 5.82 Å². The highest BCUT2D eigenvalue weighted by Crippen LogP contribution is 2.34. The lowest BCUT2D eigenvalue weighted by atomic mass is 9.94. The average Bonchev–Trinajstić information content (AvgIpc) is 3.27. The van der Waals surface area contributed by atoms with Gasteiger partial charge in [-0.3, -0.25) is 4.79 Å². The summed E-state index contributed by atoms with van der Waals surface area (Å²) < 4.78 is 5.41. The van der Waals surface area contributed by atoms with E-state index in [9.17, 15) is 4.79 Å². The summed E-state index contributed by atoms with van der Waals surface area (Å²) in [7, 11) is 0. The number of rotatable bonds is 3. The standard InChI is InChI=1S/C17H21N3O2S/c1-11-7-8-14(23-11)17-18-16(19-22-17)12-9-15(21)20(10-12)13-5-3-2-4-6-13/h7-8,12-13H,2-6,9-10H2,1H3/t12-/m1/s1. The molecule has 6 heteroatoms. The molecule has 1 amide bonds. The summed E-state index contributed by atoms with van der Waals surface area (Å²) in [5.74, 6) is 1.57. The van der Waals surface area contributed by atoms with Crippen molar-refractivity contribution in [3.63, 3.8) is 0 Å². The maximum Gasteiger partial charge on any atom is 0.268 e. The van der Waals surface area contributed by atoms with Crippen LogP contribution in [0.3, 0.4) is 0 Å². The van der Waals surface area contributed by atoms with Crippen LogP contribution in [0.4, 0.5) is 0 Å². The molecule has 122 valence electrons. The lowest BCUT2D eigenvalue weighted by Crippen LogP contribution is -2.37. The number of carbonyl (C=O) groups excluding carboxylic acids is 1. The third-order valence-corrected chi connectivity index (χ3v) is 5.92. The van der Waals surface area contributed by atoms with Crippen molar-refractivity contribution in [2.24, 2.45) is 0 Å². The maximum atomic E-state index is 12.4. The first-order valence-corrected chi connectivity index (χ1v) is 9.22. The number of hydrogen-bond acceptors (Lipinski definition) is 5. The number of likely N-dealkylation sites (tertiary alicyclic amines) is 1. The third-order valence-electron chi connectivity index (χ3n) is 4.93. The zero-order valence-corrected chi connectivity index (χ0v) is 14.1. The molecule has 3 heterocycles. The topological polar surface area (TPSA) is 59.2 Å². The van der Waals surface area contributed by atoms with Gasteiger partial charge in [0.05, 0.1) is 4.88 Å². The summed E-state index contributed by atoms with van der Waals surface area (Å²) in [6.45, 7) is 2.80. The van der Waals surface area contributed by atoms with Crippen LogP contribution in [-0.2, 0) is 4.79 Å². The molecule has 1 atom stereocenters. The Morgan fingerprint density at radius 3 is 2.83 bits per heavy atom. The zero-order chi connectivity index (χ0) is 15.8. The van der Waals surface area contributed by atoms with E-state index in [1.807, 2.05) is 12.1 Å². The fraction of sp³-hybridized carbons (Fsp3) is 0.588. The molecule has 4 rings (SSSR count). The first-order valence-electron chi connectivity index (χ1n) is 8.40. The van der Waals surface area contributed by atoms with Crippen LogP contribution in [-0.4, -0.2) is 33.5 Å². The highest BCUT2D eigenvalue weighted by Gasteiger charge is 2.37. The molecule has 0 unspecified atom stereocenters. The average molecular weight is 331 g/mol. The molecule has 5 nitrogen and oxygen atoms in total. The Kier molecular flexibility index (Phi) is 3.93. The fourth-order valence-corrected chi connectivity index (χ4v) is 4.49. The second kappa shape index (κ2) is 6.07. The Morgan fingerprint density at radius 1 is 1.26 bits per heavy atom. The van der Waals surface area contributed by atoms with Crippen LogP contribution in [0.2, 0.25) is 0 Å². The molecule has 1 saturated heterocycles. The molecule has 0 radical (unpaired) electrons. The molecule has 0 N–H and O–H groups in total. The predicted molar refractivity (Wildman–Crippen MR) is 88.3 cm³/mol. The summed E-state index contributed by atoms with van der Waals surface area (Å²) >= 11 is 1.65. The predicted octanol–water partition coefficient (Wildman–Crippen LogP) is 3.76. The monoisotopic (exact) mass is 331 g/mol. The number of amides is 1. The van der Waals surface area contributed by atoms with E-state index >= 15 is 0 Å². The molecule has 1 aliphatic heterocycles. The molecule has 1 saturated carbocycles. The summed E-state index contributed by atoms with van der Waals surface area (Å²) in [5.41, 5.74) is 0. The van der Waals surface area contributed by atoms with E-state index in [4.69, 9.17) is 4.52 Å². The minimum Gasteiger partial charge on any atom is -0.339 e. The van der Waals surface area contributed by atoms with E-state index in [0.717, 1.165) is 24.3 Å². The number of aryl methyl sites for hydroxylation is 1. The van der Waals surface area contributed by atoms with Gasteiger partial charge in [0, 0.05) is 29.8 Å². The van der Waals surface area contributed by atoms with Gasteiger partial charge in [0.1, 0.15) is 0 Å². The van der Waals surface area contributed by atoms with Crippen molar-refractivity contribution in [2.45, 2.75) is 57.4 Å². The SMILES string of the molecule is Cc1ccc(-c2nc([C@@H]3CC(=O)N(C4CCCCC4)C3)no2)s1. The Morgan fingerprint density at radius 2 is 2.09 bits per heavy atom. The van der Waals surface area contributed by atoms with Gasteiger partial charge in [-0.15, -0.1) is 11.3 Å². The molecule has 0 bridgehead atoms. The van der Waals surface area contributed by atoms with Crippen molar-refractivity contribution >= 4 is 17.2 Å². The van der Waals surface area contributed by atoms with E-state index in [1.165, 1.54) is 24.1 Å². The Labute approximate surface area is 139 Å². The van der Waals surface area contributed by atoms with Crippen molar-refractivity contribution in [1.29, 1.82) is 0 Å². The molecule has 23 heavy (non-hydrogen) atoms. The molecule has 2 fully saturated rings. The number of thiophene rings is 1. The normalized spacial score (nSPS) is 22.9. The number of nitrogens with zero attached hydrogens (tertiary/aromatic N) is 3. The Hall–Kier alpha value is -1.69. The van der Waals surface area contributed by atoms with Crippen LogP contribution >= 0.6 is 11.3 Å². The van der Waals surface area contributed by atoms with Crippen LogP contribution in [0, 0.1) is 6.92 Å². The van der Waals surface area contributed by atoms with Crippen molar-refractivity contribution in [1.82, 2.24) is 15.0 Å². The van der Waals surface area contributed by atoms with Crippen LogP contribution in [0.5, 0.6) is 0 Å². The van der Waals surface area contributed by atoms with E-state index in [1.54, 1.807) is 11.3 Å². The molecular weight excluding hydrogens is 310 g/mol. The van der Waals surface area contributed by atoms with Gasteiger partial charge in [0.25, 0.3) is 5.89 Å². The largest absolute Gasteiger partial charge is 0.339 e. The van der Waals surface area contributed by atoms with E-state index < -0.39 is 0 Å². The first-order chi connectivity index (χ1) is 11.2. The summed E-state index contributed by atoms with van der Waals surface area (Å²) in [6, 6.07) is 4.48. The highest BCUT2D eigenvalue weighted by atomic mass is 32.1. The van der Waals surface area contributed by atoms with Gasteiger partial charge < -0.3 is 9.42 Å². The fourth-order valence-electron chi connectivity index (χ4n) is 3.70. The van der Waals surface area contributed by atoms with Gasteiger partial charge in [-0.05, 0) is 31.9 Å². The molecule has 2 aromatic heterocycles. The number of hydrogen-bond donors (Lipinski definition) is 0. The van der Waals surface area contributed by atoms with E-state index in [0.29, 0.717) is 24.2 Å². The van der Waals surface area contributed by atoms with E-state index in [2.05, 4.69) is 22.0 Å². The quantitative estimate of drug-likeness (QED) is 0.859. The van der Waals surface area contributed by atoms with Crippen molar-refractivity contribution in [3.8, 4) is 10.8 Å². The second-order valence-electron chi connectivity index (χ2n) is 6.61. The summed E-state index contributed by atoms with van der Waals surface area (Å²) in [5, 5.41) is 4.14. The zero-order valence-electron chi connectivity index (χ0n) is 13.3. The molecule has 0 spiro atoms. The van der Waals surface area contributed by atoms with Gasteiger partial charge in [-0.25, -0.2) is 0 Å². The first kappa shape index (κ1) is 14.9. The van der Waals surface area contributed by atoms with E-state index in [-0.39, 0.29) is 11.8 Å². The third kappa shape index (κ3) is 2.92. The second-order valence-corrected chi connectivity index (χ2v) is 7.89. The lowest BCUT2D eigenvalue weighted by Gasteiger charge is -2.31. The van der Waals surface area contributed by atoms with Crippen molar-refractivity contribution < 1.29 is 9.32 Å². The lowest BCUT2D eigenvalue weighted by molar-refractivity contribution is -0.130. The van der Waals surface area contributed by atoms with Crippen molar-refractivity contribution in [3.05, 3.63) is 22.8 Å². The van der Waals surface area contributed by atoms with Crippen LogP contribution < -0.4 is 0 Å². The van der Waals surface area contributed by atoms with Crippen LogP contribution in [0.15, 0.2) is 16.7 Å². The van der Waals surface area contributed by atoms with Crippen LogP contribution in [0.25, 0.3) is 10.8 Å². The summed E-state index contributed by atoms with van der Waals surface area (Å²) in [6.07, 6.45) is 6.58. The summed E-state index contributed by atoms with van der Waals surface area (Å²) in [4.78, 5) is 21.2. The minimum atomic E-state index is 0.0722. The molecule has 0 aromatic carbocycles. The van der Waals surface area contributed by atoms with Gasteiger partial charge in [0.2, 0.25) is 5.91 Å². The number of aromatic nitrogens is 2. The van der Waals surface area contributed by atoms with Crippen LogP contribution in [0.1, 0.15) is 55.1 Å². The Balaban J connectivity index is 1.49. The maximum absolute atomic E-state index is 12.4. The molecule has 2 aliphatic rings. The number of carbonyl (C=O) groups is 1. The highest BCUT2D eigenvalue weighted by molar-refractivity contribution is 7.15. The van der Waals surface area contributed by atoms with Crippen molar-refractivity contribution in [2.75, 3.05) is 6.54 Å². The minimum absolute atomic E-state index is 0.0722. The molecule has 1 aliphatic carbocycles. The molecule has 2 aromatic rings. The van der Waals surface area contributed by atoms with Gasteiger partial charge in [-0.1, -0.05) is 24.4 Å². The Bertz CT molecular complexity index is 702. The molecular formula is C17H21N3O2S. The smallest absolute Gasteiger partial charge is 0.268 e. The van der Waals surface area contributed by atoms with Gasteiger partial charge in [-0.2, -0.15) is 4.98 Å². The van der Waals surface area contributed by atoms with Gasteiger partial charge >= 0.3 is 0 Å².